The van der Waals surface area contributed by atoms with Gasteiger partial charge in [-0.1, -0.05) is 12.5 Å². The summed E-state index contributed by atoms with van der Waals surface area (Å²) in [7, 11) is 2.21. The monoisotopic (exact) mass is 376 g/mol. The normalized spacial score (nSPS) is 20.6. The van der Waals surface area contributed by atoms with Crippen LogP contribution in [0.4, 0.5) is 8.78 Å². The van der Waals surface area contributed by atoms with Crippen molar-refractivity contribution in [2.45, 2.75) is 64.1 Å². The van der Waals surface area contributed by atoms with E-state index in [1.165, 1.54) is 19.3 Å². The minimum atomic E-state index is -2.53. The minimum absolute atomic E-state index is 0.0294. The molecule has 1 saturated heterocycles. The van der Waals surface area contributed by atoms with Crippen LogP contribution in [0.5, 0.6) is 0 Å². The number of likely N-dealkylation sites (tertiary alicyclic amines) is 1. The van der Waals surface area contributed by atoms with Gasteiger partial charge in [-0.2, -0.15) is 0 Å². The lowest BCUT2D eigenvalue weighted by Crippen LogP contribution is -2.38. The highest BCUT2D eigenvalue weighted by Crippen LogP contribution is 2.29. The predicted octanol–water partition coefficient (Wildman–Crippen LogP) is 3.92. The van der Waals surface area contributed by atoms with Gasteiger partial charge in [0.25, 0.3) is 5.92 Å². The Morgan fingerprint density at radius 2 is 2.11 bits per heavy atom. The van der Waals surface area contributed by atoms with Crippen molar-refractivity contribution >= 4 is 11.0 Å². The summed E-state index contributed by atoms with van der Waals surface area (Å²) in [6.07, 6.45) is 4.91. The third-order valence-corrected chi connectivity index (χ3v) is 6.25. The molecule has 0 bridgehead atoms. The Hall–Kier alpha value is -1.53. The van der Waals surface area contributed by atoms with Crippen molar-refractivity contribution < 1.29 is 8.78 Å². The molecule has 0 N–H and O–H groups in total. The van der Waals surface area contributed by atoms with E-state index in [1.54, 1.807) is 0 Å². The second-order valence-electron chi connectivity index (χ2n) is 8.23. The summed E-state index contributed by atoms with van der Waals surface area (Å²) >= 11 is 0. The molecule has 0 unspecified atom stereocenters. The van der Waals surface area contributed by atoms with Crippen molar-refractivity contribution in [3.63, 3.8) is 0 Å². The lowest BCUT2D eigenvalue weighted by atomic mass is 9.92. The molecule has 0 spiro atoms. The molecule has 0 radical (unpaired) electrons. The molecule has 0 amide bonds. The molecule has 2 fully saturated rings. The van der Waals surface area contributed by atoms with Crippen LogP contribution in [0.3, 0.4) is 0 Å². The Morgan fingerprint density at radius 3 is 2.74 bits per heavy atom. The molecular weight excluding hydrogens is 346 g/mol. The summed E-state index contributed by atoms with van der Waals surface area (Å²) in [6.45, 7) is 4.99. The Kier molecular flexibility index (Phi) is 5.21. The summed E-state index contributed by atoms with van der Waals surface area (Å²) < 4.78 is 29.1. The first-order valence-corrected chi connectivity index (χ1v) is 10.2. The van der Waals surface area contributed by atoms with E-state index < -0.39 is 5.92 Å². The number of alkyl halides is 2. The summed E-state index contributed by atoms with van der Waals surface area (Å²) in [4.78, 5) is 9.19. The number of rotatable bonds is 7. The van der Waals surface area contributed by atoms with Crippen LogP contribution in [-0.2, 0) is 19.5 Å². The lowest BCUT2D eigenvalue weighted by Gasteiger charge is -2.34. The van der Waals surface area contributed by atoms with E-state index in [1.807, 2.05) is 4.90 Å². The fourth-order valence-electron chi connectivity index (χ4n) is 4.35. The highest BCUT2D eigenvalue weighted by atomic mass is 19.3. The van der Waals surface area contributed by atoms with Crippen LogP contribution >= 0.6 is 0 Å². The van der Waals surface area contributed by atoms with Gasteiger partial charge in [0.15, 0.2) is 0 Å². The molecule has 1 aliphatic heterocycles. The number of benzene rings is 1. The maximum absolute atomic E-state index is 13.4. The van der Waals surface area contributed by atoms with Crippen LogP contribution < -0.4 is 0 Å². The molecule has 0 atom stereocenters. The third-order valence-electron chi connectivity index (χ3n) is 6.25. The Balaban J connectivity index is 1.48. The number of aryl methyl sites for hydroxylation is 1. The van der Waals surface area contributed by atoms with Crippen LogP contribution in [-0.4, -0.2) is 58.0 Å². The summed E-state index contributed by atoms with van der Waals surface area (Å²) in [6, 6.07) is 7.00. The van der Waals surface area contributed by atoms with E-state index >= 15 is 0 Å². The maximum Gasteiger partial charge on any atom is 0.261 e. The molecule has 1 saturated carbocycles. The van der Waals surface area contributed by atoms with Gasteiger partial charge in [0.2, 0.25) is 0 Å². The Labute approximate surface area is 160 Å². The van der Waals surface area contributed by atoms with E-state index in [9.17, 15) is 8.78 Å². The first-order valence-electron chi connectivity index (χ1n) is 10.2. The van der Waals surface area contributed by atoms with E-state index in [0.29, 0.717) is 13.1 Å². The van der Waals surface area contributed by atoms with Gasteiger partial charge in [-0.05, 0) is 44.5 Å². The molecule has 1 aromatic heterocycles. The van der Waals surface area contributed by atoms with Crippen molar-refractivity contribution in [2.75, 3.05) is 26.7 Å². The third kappa shape index (κ3) is 4.02. The number of fused-ring (bicyclic) bond motifs is 1. The fraction of sp³-hybridized carbons (Fsp3) is 0.667. The highest BCUT2D eigenvalue weighted by molar-refractivity contribution is 5.77. The van der Waals surface area contributed by atoms with Gasteiger partial charge in [0.1, 0.15) is 5.82 Å². The smallest absolute Gasteiger partial charge is 0.261 e. The Morgan fingerprint density at radius 1 is 1.30 bits per heavy atom. The number of hydrogen-bond acceptors (Lipinski definition) is 3. The first-order chi connectivity index (χ1) is 12.9. The highest BCUT2D eigenvalue weighted by Gasteiger charge is 2.37. The topological polar surface area (TPSA) is 24.3 Å². The van der Waals surface area contributed by atoms with E-state index in [2.05, 4.69) is 41.6 Å². The molecule has 6 heteroatoms. The molecule has 2 aliphatic rings. The van der Waals surface area contributed by atoms with Gasteiger partial charge < -0.3 is 9.47 Å². The molecular formula is C21H30F2N4. The van der Waals surface area contributed by atoms with Crippen molar-refractivity contribution in [3.05, 3.63) is 29.6 Å². The summed E-state index contributed by atoms with van der Waals surface area (Å²) in [5.74, 6) is -1.41. The molecule has 4 nitrogen and oxygen atoms in total. The second kappa shape index (κ2) is 7.47. The van der Waals surface area contributed by atoms with Gasteiger partial charge in [-0.25, -0.2) is 13.8 Å². The van der Waals surface area contributed by atoms with Gasteiger partial charge in [-0.15, -0.1) is 0 Å². The largest absolute Gasteiger partial charge is 0.328 e. The van der Waals surface area contributed by atoms with E-state index in [0.717, 1.165) is 48.0 Å². The Bertz CT molecular complexity index is 797. The standard InChI is InChI=1S/C21H30F2N4/c1-3-27-19-8-7-16(14-26-12-10-21(22,23)15-26)13-18(19)24-20(27)9-11-25(2)17-5-4-6-17/h7-8,13,17H,3-6,9-12,14-15H2,1-2H3. The van der Waals surface area contributed by atoms with Crippen LogP contribution in [0.25, 0.3) is 11.0 Å². The molecule has 2 heterocycles. The SMILES string of the molecule is CCn1c(CCN(C)C2CCC2)nc2cc(CN3CCC(F)(F)C3)ccc21. The lowest BCUT2D eigenvalue weighted by molar-refractivity contribution is 0.0115. The van der Waals surface area contributed by atoms with Crippen LogP contribution in [0.15, 0.2) is 18.2 Å². The van der Waals surface area contributed by atoms with Crippen LogP contribution in [0, 0.1) is 0 Å². The molecule has 27 heavy (non-hydrogen) atoms. The average molecular weight is 376 g/mol. The molecule has 1 aromatic carbocycles. The molecule has 2 aromatic rings. The van der Waals surface area contributed by atoms with Gasteiger partial charge in [0.05, 0.1) is 17.6 Å². The number of hydrogen-bond donors (Lipinski definition) is 0. The first kappa shape index (κ1) is 18.8. The number of likely N-dealkylation sites (N-methyl/N-ethyl adjacent to an activating group) is 1. The van der Waals surface area contributed by atoms with Crippen molar-refractivity contribution in [1.29, 1.82) is 0 Å². The zero-order valence-corrected chi connectivity index (χ0v) is 16.4. The zero-order valence-electron chi connectivity index (χ0n) is 16.4. The summed E-state index contributed by atoms with van der Waals surface area (Å²) in [5, 5.41) is 0. The van der Waals surface area contributed by atoms with Crippen LogP contribution in [0.2, 0.25) is 0 Å². The van der Waals surface area contributed by atoms with Gasteiger partial charge in [0, 0.05) is 45.1 Å². The number of nitrogens with zero attached hydrogens (tertiary/aromatic N) is 4. The van der Waals surface area contributed by atoms with Crippen molar-refractivity contribution in [2.24, 2.45) is 0 Å². The number of halogens is 2. The van der Waals surface area contributed by atoms with Crippen molar-refractivity contribution in [1.82, 2.24) is 19.4 Å². The summed E-state index contributed by atoms with van der Waals surface area (Å²) in [5.41, 5.74) is 3.20. The van der Waals surface area contributed by atoms with E-state index in [-0.39, 0.29) is 13.0 Å². The fourth-order valence-corrected chi connectivity index (χ4v) is 4.35. The van der Waals surface area contributed by atoms with Crippen LogP contribution in [0.1, 0.15) is 44.0 Å². The average Bonchev–Trinajstić information content (AvgIpc) is 3.09. The maximum atomic E-state index is 13.4. The zero-order chi connectivity index (χ0) is 19.0. The molecule has 4 rings (SSSR count). The van der Waals surface area contributed by atoms with Gasteiger partial charge in [-0.3, -0.25) is 4.90 Å². The minimum Gasteiger partial charge on any atom is -0.328 e. The number of aromatic nitrogens is 2. The predicted molar refractivity (Wildman–Crippen MR) is 104 cm³/mol. The second-order valence-corrected chi connectivity index (χ2v) is 8.23. The number of imidazole rings is 1. The quantitative estimate of drug-likeness (QED) is 0.732. The van der Waals surface area contributed by atoms with E-state index in [4.69, 9.17) is 4.98 Å². The molecule has 148 valence electrons. The van der Waals surface area contributed by atoms with Crippen molar-refractivity contribution in [3.8, 4) is 0 Å². The molecule has 1 aliphatic carbocycles. The van der Waals surface area contributed by atoms with Gasteiger partial charge >= 0.3 is 0 Å².